The number of aryl methyl sites for hydroxylation is 1. The highest BCUT2D eigenvalue weighted by Crippen LogP contribution is 2.39. The maximum Gasteiger partial charge on any atom is 0.336 e. The van der Waals surface area contributed by atoms with E-state index in [1.54, 1.807) is 17.0 Å². The van der Waals surface area contributed by atoms with Crippen LogP contribution >= 0.6 is 11.6 Å². The zero-order chi connectivity index (χ0) is 19.9. The van der Waals surface area contributed by atoms with Gasteiger partial charge in [-0.15, -0.1) is 0 Å². The number of aliphatic hydroxyl groups is 1. The molecule has 6 nitrogen and oxygen atoms in total. The van der Waals surface area contributed by atoms with E-state index in [1.165, 1.54) is 6.07 Å². The SMILES string of the molecule is Cc1cc(=O)oc2cc(OCC(=O)N3CC[C@@]4(O)CCCC[C@@H]4C3)c(Cl)cc12. The Morgan fingerprint density at radius 2 is 2.18 bits per heavy atom. The van der Waals surface area contributed by atoms with Crippen LogP contribution < -0.4 is 10.4 Å². The van der Waals surface area contributed by atoms with Gasteiger partial charge in [0, 0.05) is 36.5 Å². The topological polar surface area (TPSA) is 80.0 Å². The van der Waals surface area contributed by atoms with Gasteiger partial charge in [0.2, 0.25) is 0 Å². The number of hydrogen-bond donors (Lipinski definition) is 1. The second-order valence-corrected chi connectivity index (χ2v) is 8.36. The fourth-order valence-electron chi connectivity index (χ4n) is 4.46. The Kier molecular flexibility index (Phi) is 5.10. The van der Waals surface area contributed by atoms with Crippen LogP contribution in [0.25, 0.3) is 11.0 Å². The molecule has 1 aliphatic carbocycles. The largest absolute Gasteiger partial charge is 0.482 e. The molecule has 1 saturated heterocycles. The predicted octanol–water partition coefficient (Wildman–Crippen LogP) is 3.29. The minimum absolute atomic E-state index is 0.130. The van der Waals surface area contributed by atoms with Crippen LogP contribution in [0.5, 0.6) is 5.75 Å². The fourth-order valence-corrected chi connectivity index (χ4v) is 4.68. The summed E-state index contributed by atoms with van der Waals surface area (Å²) in [4.78, 5) is 26.0. The lowest BCUT2D eigenvalue weighted by molar-refractivity contribution is -0.145. The minimum atomic E-state index is -0.618. The summed E-state index contributed by atoms with van der Waals surface area (Å²) in [6, 6.07) is 4.64. The lowest BCUT2D eigenvalue weighted by Crippen LogP contribution is -2.55. The van der Waals surface area contributed by atoms with Crippen LogP contribution in [0.3, 0.4) is 0 Å². The minimum Gasteiger partial charge on any atom is -0.482 e. The number of hydrogen-bond acceptors (Lipinski definition) is 5. The molecule has 2 atom stereocenters. The maximum absolute atomic E-state index is 12.6. The molecule has 0 radical (unpaired) electrons. The molecule has 2 heterocycles. The number of fused-ring (bicyclic) bond motifs is 2. The van der Waals surface area contributed by atoms with Gasteiger partial charge in [0.25, 0.3) is 5.91 Å². The molecule has 1 aromatic heterocycles. The quantitative estimate of drug-likeness (QED) is 0.792. The summed E-state index contributed by atoms with van der Waals surface area (Å²) in [5, 5.41) is 11.8. The van der Waals surface area contributed by atoms with Crippen LogP contribution in [0.4, 0.5) is 0 Å². The summed E-state index contributed by atoms with van der Waals surface area (Å²) >= 11 is 6.29. The molecule has 7 heteroatoms. The Bertz CT molecular complexity index is 971. The number of nitrogens with zero attached hydrogens (tertiary/aromatic N) is 1. The number of benzene rings is 1. The lowest BCUT2D eigenvalue weighted by atomic mass is 9.71. The van der Waals surface area contributed by atoms with E-state index >= 15 is 0 Å². The second kappa shape index (κ2) is 7.41. The van der Waals surface area contributed by atoms with E-state index in [0.717, 1.165) is 36.6 Å². The average molecular weight is 406 g/mol. The molecule has 2 fully saturated rings. The Hall–Kier alpha value is -2.05. The molecule has 1 saturated carbocycles. The number of halogens is 1. The monoisotopic (exact) mass is 405 g/mol. The summed E-state index contributed by atoms with van der Waals surface area (Å²) in [5.74, 6) is 0.317. The zero-order valence-corrected chi connectivity index (χ0v) is 16.6. The van der Waals surface area contributed by atoms with Gasteiger partial charge < -0.3 is 19.2 Å². The van der Waals surface area contributed by atoms with Crippen LogP contribution in [-0.4, -0.2) is 41.2 Å². The van der Waals surface area contributed by atoms with Crippen LogP contribution in [-0.2, 0) is 4.79 Å². The normalized spacial score (nSPS) is 24.8. The van der Waals surface area contributed by atoms with Crippen molar-refractivity contribution in [2.75, 3.05) is 19.7 Å². The second-order valence-electron chi connectivity index (χ2n) is 7.95. The van der Waals surface area contributed by atoms with Crippen LogP contribution in [0.2, 0.25) is 5.02 Å². The van der Waals surface area contributed by atoms with Crippen LogP contribution in [0.1, 0.15) is 37.7 Å². The third-order valence-electron chi connectivity index (χ3n) is 6.14. The van der Waals surface area contributed by atoms with E-state index in [-0.39, 0.29) is 18.4 Å². The van der Waals surface area contributed by atoms with Gasteiger partial charge in [0.05, 0.1) is 10.6 Å². The van der Waals surface area contributed by atoms with Gasteiger partial charge in [-0.2, -0.15) is 0 Å². The fraction of sp³-hybridized carbons (Fsp3) is 0.524. The van der Waals surface area contributed by atoms with Crippen molar-refractivity contribution in [1.82, 2.24) is 4.90 Å². The molecule has 0 spiro atoms. The number of ether oxygens (including phenoxy) is 1. The molecule has 28 heavy (non-hydrogen) atoms. The first-order chi connectivity index (χ1) is 13.4. The van der Waals surface area contributed by atoms with Gasteiger partial charge in [-0.1, -0.05) is 24.4 Å². The number of piperidine rings is 1. The molecule has 0 unspecified atom stereocenters. The molecule has 1 N–H and O–H groups in total. The third kappa shape index (κ3) is 3.63. The highest BCUT2D eigenvalue weighted by molar-refractivity contribution is 6.32. The molecule has 1 aromatic carbocycles. The van der Waals surface area contributed by atoms with Gasteiger partial charge in [-0.3, -0.25) is 4.79 Å². The van der Waals surface area contributed by atoms with E-state index < -0.39 is 11.2 Å². The number of amides is 1. The van der Waals surface area contributed by atoms with Gasteiger partial charge in [0.15, 0.2) is 6.61 Å². The molecular weight excluding hydrogens is 382 g/mol. The number of likely N-dealkylation sites (tertiary alicyclic amines) is 1. The summed E-state index contributed by atoms with van der Waals surface area (Å²) in [6.45, 7) is 2.77. The number of carbonyl (C=O) groups is 1. The van der Waals surface area contributed by atoms with Gasteiger partial charge in [-0.05, 0) is 37.8 Å². The predicted molar refractivity (Wildman–Crippen MR) is 106 cm³/mol. The molecule has 2 aliphatic rings. The van der Waals surface area contributed by atoms with Crippen molar-refractivity contribution in [2.24, 2.45) is 5.92 Å². The highest BCUT2D eigenvalue weighted by Gasteiger charge is 2.43. The molecule has 2 aromatic rings. The molecule has 1 aliphatic heterocycles. The smallest absolute Gasteiger partial charge is 0.336 e. The Morgan fingerprint density at radius 1 is 1.36 bits per heavy atom. The summed E-state index contributed by atoms with van der Waals surface area (Å²) in [5.41, 5.74) is 0.0845. The van der Waals surface area contributed by atoms with Crippen molar-refractivity contribution in [3.8, 4) is 5.75 Å². The molecule has 1 amide bonds. The van der Waals surface area contributed by atoms with Crippen LogP contribution in [0.15, 0.2) is 27.4 Å². The van der Waals surface area contributed by atoms with Crippen molar-refractivity contribution in [1.29, 1.82) is 0 Å². The maximum atomic E-state index is 12.6. The number of rotatable bonds is 3. The van der Waals surface area contributed by atoms with Crippen molar-refractivity contribution in [3.63, 3.8) is 0 Å². The van der Waals surface area contributed by atoms with E-state index in [9.17, 15) is 14.7 Å². The Morgan fingerprint density at radius 3 is 3.00 bits per heavy atom. The lowest BCUT2D eigenvalue weighted by Gasteiger charge is -2.47. The highest BCUT2D eigenvalue weighted by atomic mass is 35.5. The first-order valence-corrected chi connectivity index (χ1v) is 10.1. The summed E-state index contributed by atoms with van der Waals surface area (Å²) in [7, 11) is 0. The summed E-state index contributed by atoms with van der Waals surface area (Å²) in [6.07, 6.45) is 4.55. The third-order valence-corrected chi connectivity index (χ3v) is 6.43. The van der Waals surface area contributed by atoms with E-state index in [1.807, 2.05) is 6.92 Å². The number of carbonyl (C=O) groups excluding carboxylic acids is 1. The van der Waals surface area contributed by atoms with Gasteiger partial charge in [-0.25, -0.2) is 4.79 Å². The molecular formula is C21H24ClNO5. The van der Waals surface area contributed by atoms with Crippen LogP contribution in [0, 0.1) is 12.8 Å². The van der Waals surface area contributed by atoms with Crippen molar-refractivity contribution >= 4 is 28.5 Å². The van der Waals surface area contributed by atoms with E-state index in [0.29, 0.717) is 35.9 Å². The van der Waals surface area contributed by atoms with E-state index in [2.05, 4.69) is 0 Å². The first-order valence-electron chi connectivity index (χ1n) is 9.73. The summed E-state index contributed by atoms with van der Waals surface area (Å²) < 4.78 is 10.9. The van der Waals surface area contributed by atoms with E-state index in [4.69, 9.17) is 20.8 Å². The average Bonchev–Trinajstić information content (AvgIpc) is 2.66. The van der Waals surface area contributed by atoms with Crippen molar-refractivity contribution in [2.45, 2.75) is 44.6 Å². The zero-order valence-electron chi connectivity index (χ0n) is 15.9. The van der Waals surface area contributed by atoms with Gasteiger partial charge >= 0.3 is 5.63 Å². The van der Waals surface area contributed by atoms with Crippen molar-refractivity contribution in [3.05, 3.63) is 39.2 Å². The Labute approximate surface area is 168 Å². The molecule has 0 bridgehead atoms. The Balaban J connectivity index is 1.45. The van der Waals surface area contributed by atoms with Gasteiger partial charge in [0.1, 0.15) is 11.3 Å². The molecule has 4 rings (SSSR count). The van der Waals surface area contributed by atoms with Crippen molar-refractivity contribution < 1.29 is 19.1 Å². The molecule has 150 valence electrons. The first kappa shape index (κ1) is 19.3. The standard InChI is InChI=1S/C21H24ClNO5/c1-13-8-20(25)28-17-10-18(16(22)9-15(13)17)27-12-19(24)23-7-6-21(26)5-3-2-4-14(21)11-23/h8-10,14,26H,2-7,11-12H2,1H3/t14-,21+/m1/s1.